The molecule has 0 saturated carbocycles. The van der Waals surface area contributed by atoms with Gasteiger partial charge in [-0.3, -0.25) is 0 Å². The maximum Gasteiger partial charge on any atom is 0.191 e. The van der Waals surface area contributed by atoms with Crippen LogP contribution in [-0.4, -0.2) is 50.7 Å². The summed E-state index contributed by atoms with van der Waals surface area (Å²) in [5.74, 6) is 0.935. The van der Waals surface area contributed by atoms with E-state index in [1.165, 1.54) is 22.9 Å². The van der Waals surface area contributed by atoms with Crippen LogP contribution in [0.4, 0.5) is 15.9 Å². The van der Waals surface area contributed by atoms with Crippen LogP contribution < -0.4 is 20.4 Å². The smallest absolute Gasteiger partial charge is 0.191 e. The normalized spacial score (nSPS) is 16.2. The van der Waals surface area contributed by atoms with Crippen LogP contribution in [0.2, 0.25) is 0 Å². The van der Waals surface area contributed by atoms with Crippen molar-refractivity contribution in [2.75, 3.05) is 43.5 Å². The lowest BCUT2D eigenvalue weighted by atomic mass is 10.1. The molecule has 0 spiro atoms. The Bertz CT molecular complexity index is 857. The molecule has 6 nitrogen and oxygen atoms in total. The lowest BCUT2D eigenvalue weighted by molar-refractivity contribution is 0.612. The maximum absolute atomic E-state index is 14.0. The average Bonchev–Trinajstić information content (AvgIpc) is 3.15. The van der Waals surface area contributed by atoms with E-state index in [4.69, 9.17) is 4.99 Å². The topological polar surface area (TPSA) is 55.8 Å². The number of benzene rings is 1. The van der Waals surface area contributed by atoms with Gasteiger partial charge in [-0.1, -0.05) is 12.1 Å². The molecule has 0 amide bonds. The molecule has 2 N–H and O–H groups in total. The van der Waals surface area contributed by atoms with Gasteiger partial charge >= 0.3 is 0 Å². The van der Waals surface area contributed by atoms with Crippen molar-refractivity contribution in [2.45, 2.75) is 32.9 Å². The number of nitrogens with one attached hydrogen (secondary N) is 2. The molecule has 2 aromatic rings. The molecule has 2 heterocycles. The molecule has 1 aromatic heterocycles. The molecule has 30 heavy (non-hydrogen) atoms. The number of nitrogens with zero attached hydrogens (tertiary/aromatic N) is 4. The predicted octanol–water partition coefficient (Wildman–Crippen LogP) is 3.55. The number of hydrogen-bond donors (Lipinski definition) is 2. The minimum Gasteiger partial charge on any atom is -0.377 e. The van der Waals surface area contributed by atoms with Crippen LogP contribution in [0.15, 0.2) is 41.5 Å². The average molecular weight is 526 g/mol. The molecule has 8 heteroatoms. The van der Waals surface area contributed by atoms with E-state index in [1.54, 1.807) is 12.3 Å². The van der Waals surface area contributed by atoms with Crippen LogP contribution in [0.5, 0.6) is 0 Å². The zero-order valence-corrected chi connectivity index (χ0v) is 20.5. The predicted molar refractivity (Wildman–Crippen MR) is 134 cm³/mol. The third-order valence-electron chi connectivity index (χ3n) is 5.04. The summed E-state index contributed by atoms with van der Waals surface area (Å²) in [6.07, 6.45) is 2.54. The number of aliphatic imine (C=N–C) groups is 1. The minimum atomic E-state index is -0.274. The molecular formula is C22H32FIN6. The minimum absolute atomic E-state index is 0. The van der Waals surface area contributed by atoms with Crippen LogP contribution in [-0.2, 0) is 6.54 Å². The second-order valence-corrected chi connectivity index (χ2v) is 7.61. The molecule has 1 aliphatic heterocycles. The first-order valence-corrected chi connectivity index (χ1v) is 10.1. The van der Waals surface area contributed by atoms with Gasteiger partial charge in [-0.15, -0.1) is 24.0 Å². The number of hydrogen-bond acceptors (Lipinski definition) is 4. The number of pyridine rings is 1. The van der Waals surface area contributed by atoms with Crippen molar-refractivity contribution in [3.63, 3.8) is 0 Å². The summed E-state index contributed by atoms with van der Waals surface area (Å²) in [4.78, 5) is 13.1. The van der Waals surface area contributed by atoms with Crippen molar-refractivity contribution in [3.05, 3.63) is 53.5 Å². The molecule has 3 rings (SSSR count). The zero-order chi connectivity index (χ0) is 20.8. The number of guanidine groups is 1. The molecule has 1 fully saturated rings. The fourth-order valence-electron chi connectivity index (χ4n) is 3.58. The molecule has 1 aliphatic rings. The van der Waals surface area contributed by atoms with Crippen molar-refractivity contribution in [2.24, 2.45) is 4.99 Å². The summed E-state index contributed by atoms with van der Waals surface area (Å²) in [6, 6.07) is 9.71. The molecule has 1 unspecified atom stereocenters. The lowest BCUT2D eigenvalue weighted by Crippen LogP contribution is -2.44. The first kappa shape index (κ1) is 24.2. The fraction of sp³-hybridized carbons (Fsp3) is 0.455. The van der Waals surface area contributed by atoms with Gasteiger partial charge in [0.2, 0.25) is 0 Å². The van der Waals surface area contributed by atoms with E-state index in [-0.39, 0.29) is 35.8 Å². The van der Waals surface area contributed by atoms with Crippen molar-refractivity contribution in [1.82, 2.24) is 15.6 Å². The van der Waals surface area contributed by atoms with Crippen LogP contribution in [0, 0.1) is 12.7 Å². The van der Waals surface area contributed by atoms with Gasteiger partial charge in [0.15, 0.2) is 17.6 Å². The number of rotatable bonds is 6. The SMILES string of the molecule is CCNC(=NCc1ccc(C)cc1N(C)C)NC1CCN(c2ncccc2F)C1.I. The highest BCUT2D eigenvalue weighted by atomic mass is 127. The van der Waals surface area contributed by atoms with E-state index in [1.807, 2.05) is 4.90 Å². The second kappa shape index (κ2) is 11.3. The van der Waals surface area contributed by atoms with Gasteiger partial charge in [-0.25, -0.2) is 14.4 Å². The van der Waals surface area contributed by atoms with E-state index in [0.717, 1.165) is 25.5 Å². The van der Waals surface area contributed by atoms with Crippen LogP contribution in [0.3, 0.4) is 0 Å². The van der Waals surface area contributed by atoms with Gasteiger partial charge in [-0.2, -0.15) is 0 Å². The maximum atomic E-state index is 14.0. The standard InChI is InChI=1S/C22H31FN6.HI/c1-5-24-22(26-14-17-9-8-16(2)13-20(17)28(3)4)27-18-10-12-29(15-18)21-19(23)7-6-11-25-21;/h6-9,11,13,18H,5,10,12,14-15H2,1-4H3,(H2,24,26,27);1H. The monoisotopic (exact) mass is 526 g/mol. The van der Waals surface area contributed by atoms with Gasteiger partial charge in [0.05, 0.1) is 6.54 Å². The third kappa shape index (κ3) is 6.20. The summed E-state index contributed by atoms with van der Waals surface area (Å²) in [5, 5.41) is 6.82. The van der Waals surface area contributed by atoms with E-state index >= 15 is 0 Å². The van der Waals surface area contributed by atoms with Crippen LogP contribution in [0.1, 0.15) is 24.5 Å². The Morgan fingerprint density at radius 3 is 2.83 bits per heavy atom. The van der Waals surface area contributed by atoms with Crippen LogP contribution >= 0.6 is 24.0 Å². The van der Waals surface area contributed by atoms with E-state index in [0.29, 0.717) is 18.9 Å². The number of anilines is 2. The highest BCUT2D eigenvalue weighted by Crippen LogP contribution is 2.22. The van der Waals surface area contributed by atoms with Crippen molar-refractivity contribution in [3.8, 4) is 0 Å². The highest BCUT2D eigenvalue weighted by Gasteiger charge is 2.25. The Hall–Kier alpha value is -2.10. The van der Waals surface area contributed by atoms with Crippen molar-refractivity contribution >= 4 is 41.4 Å². The molecular weight excluding hydrogens is 494 g/mol. The Kier molecular flexibility index (Phi) is 9.13. The highest BCUT2D eigenvalue weighted by molar-refractivity contribution is 14.0. The van der Waals surface area contributed by atoms with Gasteiger partial charge in [0.25, 0.3) is 0 Å². The summed E-state index contributed by atoms with van der Waals surface area (Å²) in [6.45, 7) is 7.00. The Labute approximate surface area is 196 Å². The van der Waals surface area contributed by atoms with E-state index in [9.17, 15) is 4.39 Å². The first-order valence-electron chi connectivity index (χ1n) is 10.1. The number of aryl methyl sites for hydroxylation is 1. The molecule has 0 radical (unpaired) electrons. The van der Waals surface area contributed by atoms with Gasteiger partial charge in [0.1, 0.15) is 0 Å². The van der Waals surface area contributed by atoms with Crippen molar-refractivity contribution < 1.29 is 4.39 Å². The summed E-state index contributed by atoms with van der Waals surface area (Å²) in [7, 11) is 4.10. The van der Waals surface area contributed by atoms with Gasteiger partial charge in [0, 0.05) is 51.7 Å². The summed E-state index contributed by atoms with van der Waals surface area (Å²) >= 11 is 0. The number of aromatic nitrogens is 1. The lowest BCUT2D eigenvalue weighted by Gasteiger charge is -2.20. The largest absolute Gasteiger partial charge is 0.377 e. The third-order valence-corrected chi connectivity index (χ3v) is 5.04. The Morgan fingerprint density at radius 1 is 1.33 bits per heavy atom. The molecule has 0 aliphatic carbocycles. The van der Waals surface area contributed by atoms with Gasteiger partial charge in [-0.05, 0) is 49.6 Å². The Morgan fingerprint density at radius 2 is 2.13 bits per heavy atom. The van der Waals surface area contributed by atoms with E-state index in [2.05, 4.69) is 66.7 Å². The second-order valence-electron chi connectivity index (χ2n) is 7.61. The quantitative estimate of drug-likeness (QED) is 0.343. The Balaban J connectivity index is 0.00000320. The zero-order valence-electron chi connectivity index (χ0n) is 18.2. The molecule has 1 saturated heterocycles. The number of halogens is 2. The first-order chi connectivity index (χ1) is 14.0. The summed E-state index contributed by atoms with van der Waals surface area (Å²) in [5.41, 5.74) is 3.60. The summed E-state index contributed by atoms with van der Waals surface area (Å²) < 4.78 is 14.0. The van der Waals surface area contributed by atoms with Gasteiger partial charge < -0.3 is 20.4 Å². The fourth-order valence-corrected chi connectivity index (χ4v) is 3.58. The van der Waals surface area contributed by atoms with Crippen LogP contribution in [0.25, 0.3) is 0 Å². The molecule has 1 aromatic carbocycles. The van der Waals surface area contributed by atoms with Crippen molar-refractivity contribution in [1.29, 1.82) is 0 Å². The molecule has 1 atom stereocenters. The molecule has 0 bridgehead atoms. The van der Waals surface area contributed by atoms with E-state index < -0.39 is 0 Å². The molecule has 164 valence electrons.